The number of anilines is 3. The lowest BCUT2D eigenvalue weighted by Crippen LogP contribution is -2.23. The van der Waals surface area contributed by atoms with Gasteiger partial charge in [0, 0.05) is 24.3 Å². The Labute approximate surface area is 131 Å². The van der Waals surface area contributed by atoms with Crippen molar-refractivity contribution in [2.75, 3.05) is 29.0 Å². The molecule has 0 aliphatic rings. The zero-order chi connectivity index (χ0) is 15.9. The maximum absolute atomic E-state index is 12.3. The van der Waals surface area contributed by atoms with Gasteiger partial charge in [-0.05, 0) is 49.7 Å². The summed E-state index contributed by atoms with van der Waals surface area (Å²) in [6.45, 7) is 6.27. The lowest BCUT2D eigenvalue weighted by molar-refractivity contribution is 0.102. The number of nitrogen functional groups attached to an aromatic ring is 1. The van der Waals surface area contributed by atoms with Crippen LogP contribution in [0.15, 0.2) is 48.5 Å². The molecule has 22 heavy (non-hydrogen) atoms. The highest BCUT2D eigenvalue weighted by Gasteiger charge is 2.09. The quantitative estimate of drug-likeness (QED) is 0.798. The third-order valence-corrected chi connectivity index (χ3v) is 3.58. The van der Waals surface area contributed by atoms with Crippen LogP contribution in [0, 0.1) is 0 Å². The number of nitrogens with one attached hydrogen (secondary N) is 1. The van der Waals surface area contributed by atoms with Crippen molar-refractivity contribution >= 4 is 23.0 Å². The number of hydrogen-bond donors (Lipinski definition) is 2. The fourth-order valence-electron chi connectivity index (χ4n) is 2.37. The van der Waals surface area contributed by atoms with Crippen LogP contribution in [0.1, 0.15) is 30.6 Å². The molecule has 0 spiro atoms. The fourth-order valence-corrected chi connectivity index (χ4v) is 2.37. The second-order valence-corrected chi connectivity index (χ2v) is 5.17. The summed E-state index contributed by atoms with van der Waals surface area (Å²) in [7, 11) is 0. The molecule has 2 rings (SSSR count). The summed E-state index contributed by atoms with van der Waals surface area (Å²) in [5.74, 6) is -0.150. The third kappa shape index (κ3) is 3.79. The van der Waals surface area contributed by atoms with E-state index in [0.29, 0.717) is 16.9 Å². The topological polar surface area (TPSA) is 58.4 Å². The summed E-state index contributed by atoms with van der Waals surface area (Å²) >= 11 is 0. The Kier molecular flexibility index (Phi) is 5.42. The van der Waals surface area contributed by atoms with Crippen LogP contribution in [0.4, 0.5) is 17.1 Å². The highest BCUT2D eigenvalue weighted by Crippen LogP contribution is 2.19. The maximum Gasteiger partial charge on any atom is 0.255 e. The molecule has 0 heterocycles. The minimum absolute atomic E-state index is 0.150. The van der Waals surface area contributed by atoms with Gasteiger partial charge >= 0.3 is 0 Å². The van der Waals surface area contributed by atoms with E-state index in [2.05, 4.69) is 24.1 Å². The number of carbonyl (C=O) groups is 1. The molecule has 0 aliphatic heterocycles. The molecule has 0 unspecified atom stereocenters. The Morgan fingerprint density at radius 3 is 2.36 bits per heavy atom. The van der Waals surface area contributed by atoms with E-state index in [1.54, 1.807) is 12.1 Å². The van der Waals surface area contributed by atoms with E-state index in [4.69, 9.17) is 5.73 Å². The zero-order valence-electron chi connectivity index (χ0n) is 13.2. The number of rotatable bonds is 6. The van der Waals surface area contributed by atoms with E-state index < -0.39 is 0 Å². The number of benzene rings is 2. The molecule has 4 heteroatoms. The molecular formula is C18H23N3O. The summed E-state index contributed by atoms with van der Waals surface area (Å²) < 4.78 is 0. The molecule has 0 atom stereocenters. The van der Waals surface area contributed by atoms with Crippen molar-refractivity contribution in [2.24, 2.45) is 0 Å². The van der Waals surface area contributed by atoms with Crippen LogP contribution < -0.4 is 16.0 Å². The third-order valence-electron chi connectivity index (χ3n) is 3.58. The first-order chi connectivity index (χ1) is 10.7. The van der Waals surface area contributed by atoms with E-state index in [0.717, 1.165) is 25.2 Å². The lowest BCUT2D eigenvalue weighted by atomic mass is 10.1. The van der Waals surface area contributed by atoms with E-state index in [-0.39, 0.29) is 5.91 Å². The smallest absolute Gasteiger partial charge is 0.255 e. The molecule has 0 fully saturated rings. The minimum atomic E-state index is -0.150. The van der Waals surface area contributed by atoms with Crippen LogP contribution in [0.25, 0.3) is 0 Å². The number of nitrogens with two attached hydrogens (primary N) is 1. The van der Waals surface area contributed by atoms with Gasteiger partial charge in [-0.25, -0.2) is 0 Å². The average molecular weight is 297 g/mol. The van der Waals surface area contributed by atoms with Crippen molar-refractivity contribution in [1.29, 1.82) is 0 Å². The van der Waals surface area contributed by atoms with Gasteiger partial charge in [-0.2, -0.15) is 0 Å². The second-order valence-electron chi connectivity index (χ2n) is 5.17. The van der Waals surface area contributed by atoms with Crippen LogP contribution in [0.2, 0.25) is 0 Å². The van der Waals surface area contributed by atoms with Gasteiger partial charge in [0.2, 0.25) is 0 Å². The first-order valence-corrected chi connectivity index (χ1v) is 7.66. The van der Waals surface area contributed by atoms with Crippen molar-refractivity contribution in [2.45, 2.75) is 20.3 Å². The van der Waals surface area contributed by atoms with Gasteiger partial charge in [0.1, 0.15) is 0 Å². The number of amides is 1. The summed E-state index contributed by atoms with van der Waals surface area (Å²) in [5, 5.41) is 2.84. The predicted octanol–water partition coefficient (Wildman–Crippen LogP) is 3.76. The molecule has 0 saturated heterocycles. The molecular weight excluding hydrogens is 274 g/mol. The van der Waals surface area contributed by atoms with Crippen molar-refractivity contribution in [1.82, 2.24) is 0 Å². The normalized spacial score (nSPS) is 10.3. The van der Waals surface area contributed by atoms with E-state index in [9.17, 15) is 4.79 Å². The van der Waals surface area contributed by atoms with Gasteiger partial charge in [-0.3, -0.25) is 4.79 Å². The van der Waals surface area contributed by atoms with Crippen LogP contribution in [0.3, 0.4) is 0 Å². The number of nitrogens with zero attached hydrogens (tertiary/aromatic N) is 1. The van der Waals surface area contributed by atoms with Crippen molar-refractivity contribution in [3.63, 3.8) is 0 Å². The Morgan fingerprint density at radius 1 is 1.09 bits per heavy atom. The molecule has 3 N–H and O–H groups in total. The number of hydrogen-bond acceptors (Lipinski definition) is 3. The molecule has 0 radical (unpaired) electrons. The van der Waals surface area contributed by atoms with Gasteiger partial charge in [0.05, 0.1) is 11.4 Å². The largest absolute Gasteiger partial charge is 0.397 e. The molecule has 0 aromatic heterocycles. The maximum atomic E-state index is 12.3. The highest BCUT2D eigenvalue weighted by molar-refractivity contribution is 6.05. The zero-order valence-corrected chi connectivity index (χ0v) is 13.2. The lowest BCUT2D eigenvalue weighted by Gasteiger charge is -2.22. The Bertz CT molecular complexity index is 622. The first-order valence-electron chi connectivity index (χ1n) is 7.66. The average Bonchev–Trinajstić information content (AvgIpc) is 2.55. The SMILES string of the molecule is CCCN(CC)c1ccc(C(=O)Nc2ccccc2N)cc1. The summed E-state index contributed by atoms with van der Waals surface area (Å²) in [6, 6.07) is 14.9. The molecule has 0 bridgehead atoms. The molecule has 0 aliphatic carbocycles. The summed E-state index contributed by atoms with van der Waals surface area (Å²) in [6.07, 6.45) is 1.10. The van der Waals surface area contributed by atoms with E-state index >= 15 is 0 Å². The monoisotopic (exact) mass is 297 g/mol. The van der Waals surface area contributed by atoms with Gasteiger partial charge in [-0.15, -0.1) is 0 Å². The standard InChI is InChI=1S/C18H23N3O/c1-3-13-21(4-2)15-11-9-14(10-12-15)18(22)20-17-8-6-5-7-16(17)19/h5-12H,3-4,13,19H2,1-2H3,(H,20,22). The first kappa shape index (κ1) is 15.9. The van der Waals surface area contributed by atoms with Gasteiger partial charge in [-0.1, -0.05) is 19.1 Å². The Morgan fingerprint density at radius 2 is 1.77 bits per heavy atom. The summed E-state index contributed by atoms with van der Waals surface area (Å²) in [5.41, 5.74) is 8.80. The van der Waals surface area contributed by atoms with Crippen molar-refractivity contribution in [3.05, 3.63) is 54.1 Å². The highest BCUT2D eigenvalue weighted by atomic mass is 16.1. The molecule has 2 aromatic rings. The molecule has 1 amide bonds. The predicted molar refractivity (Wildman–Crippen MR) is 93.4 cm³/mol. The van der Waals surface area contributed by atoms with Crippen LogP contribution in [0.5, 0.6) is 0 Å². The Balaban J connectivity index is 2.10. The van der Waals surface area contributed by atoms with Crippen LogP contribution >= 0.6 is 0 Å². The number of para-hydroxylation sites is 2. The van der Waals surface area contributed by atoms with Gasteiger partial charge in [0.25, 0.3) is 5.91 Å². The minimum Gasteiger partial charge on any atom is -0.397 e. The van der Waals surface area contributed by atoms with Crippen molar-refractivity contribution < 1.29 is 4.79 Å². The van der Waals surface area contributed by atoms with E-state index in [1.165, 1.54) is 0 Å². The van der Waals surface area contributed by atoms with Gasteiger partial charge in [0.15, 0.2) is 0 Å². The Hall–Kier alpha value is -2.49. The molecule has 116 valence electrons. The molecule has 2 aromatic carbocycles. The number of carbonyl (C=O) groups excluding carboxylic acids is 1. The van der Waals surface area contributed by atoms with Crippen LogP contribution in [-0.2, 0) is 0 Å². The fraction of sp³-hybridized carbons (Fsp3) is 0.278. The van der Waals surface area contributed by atoms with Crippen LogP contribution in [-0.4, -0.2) is 19.0 Å². The molecule has 4 nitrogen and oxygen atoms in total. The second kappa shape index (κ2) is 7.50. The van der Waals surface area contributed by atoms with Crippen molar-refractivity contribution in [3.8, 4) is 0 Å². The van der Waals surface area contributed by atoms with E-state index in [1.807, 2.05) is 36.4 Å². The summed E-state index contributed by atoms with van der Waals surface area (Å²) in [4.78, 5) is 14.6. The molecule has 0 saturated carbocycles. The van der Waals surface area contributed by atoms with Gasteiger partial charge < -0.3 is 16.0 Å².